The summed E-state index contributed by atoms with van der Waals surface area (Å²) in [5.74, 6) is 3.57. The molecule has 0 heterocycles. The summed E-state index contributed by atoms with van der Waals surface area (Å²) in [7, 11) is 0. The van der Waals surface area contributed by atoms with E-state index in [-0.39, 0.29) is 10.8 Å². The Hall–Kier alpha value is -10.9. The molecule has 0 spiro atoms. The minimum absolute atomic E-state index is 0.0858. The van der Waals surface area contributed by atoms with Crippen LogP contribution in [0, 0.1) is 11.3 Å². The summed E-state index contributed by atoms with van der Waals surface area (Å²) in [4.78, 5) is 0. The molecule has 122 heavy (non-hydrogen) atoms. The molecule has 2 unspecified atom stereocenters. The predicted octanol–water partition coefficient (Wildman–Crippen LogP) is 35.0. The summed E-state index contributed by atoms with van der Waals surface area (Å²) in [6.45, 7) is 45.5. The van der Waals surface area contributed by atoms with Gasteiger partial charge in [0, 0.05) is 16.7 Å². The molecule has 0 saturated heterocycles. The lowest BCUT2D eigenvalue weighted by Crippen LogP contribution is -2.25. The largest absolute Gasteiger partial charge is 0.0646 e. The highest BCUT2D eigenvalue weighted by Gasteiger charge is 2.32. The van der Waals surface area contributed by atoms with Crippen molar-refractivity contribution in [3.8, 4) is 0 Å². The molecule has 14 aromatic rings. The van der Waals surface area contributed by atoms with Crippen molar-refractivity contribution in [2.45, 2.75) is 234 Å². The lowest BCUT2D eigenvalue weighted by Gasteiger charge is -2.34. The van der Waals surface area contributed by atoms with E-state index in [4.69, 9.17) is 0 Å². The molecule has 1 fully saturated rings. The smallest absolute Gasteiger partial charge is 0.0423 e. The molecule has 636 valence electrons. The summed E-state index contributed by atoms with van der Waals surface area (Å²) in [6, 6.07) is 150. The first-order valence-electron chi connectivity index (χ1n) is 45.2. The number of hydrogen-bond acceptors (Lipinski definition) is 0. The average molecular weight is 1610 g/mol. The van der Waals surface area contributed by atoms with E-state index in [1.807, 2.05) is 6.07 Å². The Morgan fingerprint density at radius 2 is 0.492 bits per heavy atom. The molecule has 14 aromatic carbocycles. The molecule has 15 rings (SSSR count). The molecule has 1 aliphatic carbocycles. The third-order valence-electron chi connectivity index (χ3n) is 25.4. The lowest BCUT2D eigenvalue weighted by atomic mass is 9.71. The molecule has 0 bridgehead atoms. The Balaban J connectivity index is 0.000000191. The van der Waals surface area contributed by atoms with Crippen molar-refractivity contribution in [1.82, 2.24) is 0 Å². The van der Waals surface area contributed by atoms with Crippen molar-refractivity contribution >= 4 is 0 Å². The van der Waals surface area contributed by atoms with Crippen molar-refractivity contribution in [2.24, 2.45) is 11.3 Å². The fourth-order valence-electron chi connectivity index (χ4n) is 15.5. The second kappa shape index (κ2) is 50.5. The molecule has 0 aromatic heterocycles. The van der Waals surface area contributed by atoms with Crippen LogP contribution in [0.1, 0.15) is 284 Å². The Kier molecular flexibility index (Phi) is 40.6. The van der Waals surface area contributed by atoms with Crippen LogP contribution in [0.25, 0.3) is 0 Å². The van der Waals surface area contributed by atoms with Crippen molar-refractivity contribution < 1.29 is 0 Å². The van der Waals surface area contributed by atoms with Gasteiger partial charge in [0.05, 0.1) is 0 Å². The minimum Gasteiger partial charge on any atom is -0.0646 e. The fraction of sp³-hybridized carbons (Fsp3) is 0.311. The van der Waals surface area contributed by atoms with Crippen LogP contribution in [0.2, 0.25) is 0 Å². The molecular formula is C122H148. The van der Waals surface area contributed by atoms with Gasteiger partial charge in [0.1, 0.15) is 0 Å². The Morgan fingerprint density at radius 3 is 0.746 bits per heavy atom. The van der Waals surface area contributed by atoms with E-state index in [0.717, 1.165) is 0 Å². The van der Waals surface area contributed by atoms with Crippen molar-refractivity contribution in [3.05, 3.63) is 503 Å². The van der Waals surface area contributed by atoms with Crippen LogP contribution in [0.4, 0.5) is 0 Å². The van der Waals surface area contributed by atoms with Crippen LogP contribution >= 0.6 is 0 Å². The van der Waals surface area contributed by atoms with Crippen LogP contribution in [0.5, 0.6) is 0 Å². The molecule has 0 amide bonds. The first-order valence-corrected chi connectivity index (χ1v) is 45.2. The van der Waals surface area contributed by atoms with Gasteiger partial charge in [-0.3, -0.25) is 0 Å². The van der Waals surface area contributed by atoms with Gasteiger partial charge in [0.15, 0.2) is 0 Å². The predicted molar refractivity (Wildman–Crippen MR) is 536 cm³/mol. The van der Waals surface area contributed by atoms with Crippen molar-refractivity contribution in [1.29, 1.82) is 0 Å². The summed E-state index contributed by atoms with van der Waals surface area (Å²) >= 11 is 0. The normalized spacial score (nSPS) is 13.2. The second-order valence-electron chi connectivity index (χ2n) is 37.2. The SMILES string of the molecule is CC(C)(C)c1ccccc1.CC(C)(c1ccccc1)c1ccccc1.CC(C)c1ccccc1.CC(c1ccccc1)(c1ccccc1)c1ccccc1.CC(c1ccccc1)C(C)C(C)c1ccccc1.CC(c1ccccc1)c1ccccc1.CC1(c2ccccc2)CCCCC1.CCC(C)(C)c1ccccc1.C[C@@H](c1ccccc1)C(C)(C)C. The van der Waals surface area contributed by atoms with E-state index < -0.39 is 0 Å². The van der Waals surface area contributed by atoms with Crippen LogP contribution in [-0.2, 0) is 27.1 Å². The molecule has 0 nitrogen and oxygen atoms in total. The first kappa shape index (κ1) is 98.2. The Labute approximate surface area is 742 Å². The van der Waals surface area contributed by atoms with E-state index in [1.165, 1.54) is 116 Å². The maximum Gasteiger partial charge on any atom is 0.0423 e. The second-order valence-corrected chi connectivity index (χ2v) is 37.2. The highest BCUT2D eigenvalue weighted by atomic mass is 14.4. The lowest BCUT2D eigenvalue weighted by molar-refractivity contribution is 0.319. The van der Waals surface area contributed by atoms with Crippen LogP contribution in [0.3, 0.4) is 0 Å². The van der Waals surface area contributed by atoms with Gasteiger partial charge in [0.2, 0.25) is 0 Å². The van der Waals surface area contributed by atoms with E-state index in [0.29, 0.717) is 57.2 Å². The highest BCUT2D eigenvalue weighted by Crippen LogP contribution is 2.42. The molecule has 0 aliphatic heterocycles. The fourth-order valence-corrected chi connectivity index (χ4v) is 15.5. The number of hydrogen-bond donors (Lipinski definition) is 0. The van der Waals surface area contributed by atoms with E-state index >= 15 is 0 Å². The van der Waals surface area contributed by atoms with E-state index in [2.05, 4.69) is 557 Å². The quantitative estimate of drug-likeness (QED) is 0.0846. The number of rotatable bonds is 16. The van der Waals surface area contributed by atoms with Gasteiger partial charge >= 0.3 is 0 Å². The first-order chi connectivity index (χ1) is 58.5. The monoisotopic (exact) mass is 1610 g/mol. The Bertz CT molecular complexity index is 4710. The van der Waals surface area contributed by atoms with Crippen LogP contribution in [0.15, 0.2) is 425 Å². The summed E-state index contributed by atoms with van der Waals surface area (Å²) in [5, 5.41) is 0. The van der Waals surface area contributed by atoms with E-state index in [1.54, 1.807) is 0 Å². The van der Waals surface area contributed by atoms with Gasteiger partial charge < -0.3 is 0 Å². The molecular weight excluding hydrogens is 1470 g/mol. The van der Waals surface area contributed by atoms with Gasteiger partial charge in [0.25, 0.3) is 0 Å². The third kappa shape index (κ3) is 31.8. The molecule has 1 aliphatic rings. The van der Waals surface area contributed by atoms with Crippen molar-refractivity contribution in [2.75, 3.05) is 0 Å². The molecule has 3 atom stereocenters. The standard InChI is InChI=1S/C20H18.C18H22.C15H16.C14H14.C13H18.C12H18.C11H16.C10H14.C9H12/c1-20(17-11-5-2-6-12-17,18-13-7-3-8-14-18)19-15-9-4-10-16-19;1-14(15(2)17-10-6-4-7-11-17)16(3)18-12-8-5-9-13-18;1-15(2,13-9-5-3-6-10-13)14-11-7-4-8-12-14;1-12(13-8-4-2-5-9-13)14-10-6-3-7-11-14;1-13(10-6-3-7-11-13)12-8-4-2-5-9-12;1-10(12(2,3)4)11-8-6-5-7-9-11;1-4-11(2,3)10-8-6-5-7-9-10;1-10(2,3)9-7-5-4-6-8-9;1-8(2)9-6-4-3-5-7-9/h2-16H,1H3;4-16H,1-3H3;3-12H,1-2H3;2-12H,1H3;2,4-5,8-9H,3,6-7,10-11H2,1H3;5-10H,1-4H3;5-9H,4H2,1-3H3;4-8H,1-3H3;3-8H,1-2H3/t;;;;;10-;;;/m.....0.../s1. The third-order valence-corrected chi connectivity index (χ3v) is 25.4. The maximum absolute atomic E-state index is 2.42. The zero-order valence-electron chi connectivity index (χ0n) is 78.1. The topological polar surface area (TPSA) is 0 Å². The van der Waals surface area contributed by atoms with Crippen LogP contribution in [-0.4, -0.2) is 0 Å². The van der Waals surface area contributed by atoms with Crippen molar-refractivity contribution in [3.63, 3.8) is 0 Å². The molecule has 1 saturated carbocycles. The summed E-state index contributed by atoms with van der Waals surface area (Å²) in [6.07, 6.45) is 8.18. The van der Waals surface area contributed by atoms with Gasteiger partial charge in [-0.25, -0.2) is 0 Å². The number of benzene rings is 14. The van der Waals surface area contributed by atoms with Gasteiger partial charge in [-0.15, -0.1) is 0 Å². The van der Waals surface area contributed by atoms with Gasteiger partial charge in [-0.2, -0.15) is 0 Å². The van der Waals surface area contributed by atoms with E-state index in [9.17, 15) is 0 Å². The van der Waals surface area contributed by atoms with Gasteiger partial charge in [-0.05, 0) is 155 Å². The molecule has 0 radical (unpaired) electrons. The minimum atomic E-state index is -0.121. The average Bonchev–Trinajstić information content (AvgIpc) is 0.770. The summed E-state index contributed by atoms with van der Waals surface area (Å²) < 4.78 is 0. The highest BCUT2D eigenvalue weighted by molar-refractivity contribution is 5.49. The maximum atomic E-state index is 2.42. The van der Waals surface area contributed by atoms with Gasteiger partial charge in [-0.1, -0.05) is 575 Å². The zero-order valence-corrected chi connectivity index (χ0v) is 78.1. The van der Waals surface area contributed by atoms with Crippen LogP contribution < -0.4 is 0 Å². The Morgan fingerprint density at radius 1 is 0.254 bits per heavy atom. The zero-order chi connectivity index (χ0) is 88.3. The molecule has 0 heteroatoms. The summed E-state index contributed by atoms with van der Waals surface area (Å²) in [5.41, 5.74) is 20.9. The molecule has 0 N–H and O–H groups in total.